The van der Waals surface area contributed by atoms with Crippen molar-refractivity contribution >= 4 is 0 Å². The summed E-state index contributed by atoms with van der Waals surface area (Å²) in [5.74, 6) is -3.31. The summed E-state index contributed by atoms with van der Waals surface area (Å²) in [4.78, 5) is 0. The van der Waals surface area contributed by atoms with Crippen molar-refractivity contribution < 1.29 is 35.4 Å². The normalized spacial score (nSPS) is 32.5. The van der Waals surface area contributed by atoms with E-state index in [0.717, 1.165) is 19.3 Å². The van der Waals surface area contributed by atoms with Crippen LogP contribution in [0.25, 0.3) is 0 Å². The van der Waals surface area contributed by atoms with Crippen molar-refractivity contribution in [1.29, 1.82) is 0 Å². The average Bonchev–Trinajstić information content (AvgIpc) is 2.57. The molecule has 0 aromatic rings. The van der Waals surface area contributed by atoms with E-state index < -0.39 is 36.1 Å². The topological polar surface area (TPSA) is 131 Å². The van der Waals surface area contributed by atoms with E-state index in [2.05, 4.69) is 4.74 Å². The molecule has 0 spiro atoms. The third-order valence-electron chi connectivity index (χ3n) is 3.16. The van der Waals surface area contributed by atoms with Gasteiger partial charge in [0.15, 0.2) is 18.5 Å². The predicted molar refractivity (Wildman–Crippen MR) is 64.9 cm³/mol. The van der Waals surface area contributed by atoms with Crippen molar-refractivity contribution in [2.75, 3.05) is 0 Å². The fourth-order valence-electron chi connectivity index (χ4n) is 1.93. The van der Waals surface area contributed by atoms with E-state index in [1.54, 1.807) is 0 Å². The first kappa shape index (κ1) is 16.4. The largest absolute Gasteiger partial charge is 0.510 e. The van der Waals surface area contributed by atoms with E-state index in [9.17, 15) is 30.6 Å². The summed E-state index contributed by atoms with van der Waals surface area (Å²) >= 11 is 0. The van der Waals surface area contributed by atoms with E-state index in [1.807, 2.05) is 6.92 Å². The van der Waals surface area contributed by atoms with Gasteiger partial charge in [-0.2, -0.15) is 0 Å². The highest BCUT2D eigenvalue weighted by Crippen LogP contribution is 2.31. The monoisotopic (exact) mass is 278 g/mol. The third kappa shape index (κ3) is 3.65. The number of ether oxygens (including phenoxy) is 1. The molecule has 0 aliphatic carbocycles. The molecule has 6 N–H and O–H groups in total. The van der Waals surface area contributed by atoms with Gasteiger partial charge in [0.25, 0.3) is 0 Å². The third-order valence-corrected chi connectivity index (χ3v) is 3.16. The Morgan fingerprint density at radius 3 is 2.42 bits per heavy atom. The fourth-order valence-corrected chi connectivity index (χ4v) is 1.93. The molecule has 0 bridgehead atoms. The Morgan fingerprint density at radius 1 is 1.32 bits per heavy atom. The summed E-state index contributed by atoms with van der Waals surface area (Å²) in [7, 11) is 0. The molecule has 0 aromatic heterocycles. The van der Waals surface area contributed by atoms with Crippen LogP contribution in [-0.2, 0) is 4.74 Å². The maximum atomic E-state index is 9.76. The molecule has 1 fully saturated rings. The van der Waals surface area contributed by atoms with Crippen molar-refractivity contribution in [1.82, 2.24) is 0 Å². The molecule has 0 amide bonds. The van der Waals surface area contributed by atoms with Gasteiger partial charge in [-0.1, -0.05) is 19.8 Å². The molecule has 7 nitrogen and oxygen atoms in total. The second kappa shape index (κ2) is 6.65. The number of allylic oxidation sites excluding steroid dienone is 1. The summed E-state index contributed by atoms with van der Waals surface area (Å²) in [5, 5.41) is 56.9. The molecule has 1 aliphatic rings. The van der Waals surface area contributed by atoms with E-state index >= 15 is 0 Å². The van der Waals surface area contributed by atoms with E-state index in [-0.39, 0.29) is 0 Å². The van der Waals surface area contributed by atoms with Crippen molar-refractivity contribution in [3.05, 3.63) is 11.8 Å². The standard InChI is InChI=1S/C12H22O7/c1-2-3-4-5-6-7(13)8(14)10-12(17,18)9(15)11(16)19-10/h6,8-11,13-18H,2-5H2,1H3/t8-,9+,10-,11?/m1/s1. The van der Waals surface area contributed by atoms with Crippen molar-refractivity contribution in [2.24, 2.45) is 0 Å². The van der Waals surface area contributed by atoms with Gasteiger partial charge >= 0.3 is 0 Å². The lowest BCUT2D eigenvalue weighted by Gasteiger charge is -2.27. The smallest absolute Gasteiger partial charge is 0.225 e. The zero-order chi connectivity index (χ0) is 14.6. The van der Waals surface area contributed by atoms with Crippen LogP contribution >= 0.6 is 0 Å². The van der Waals surface area contributed by atoms with Crippen LogP contribution in [0.3, 0.4) is 0 Å². The molecule has 7 heteroatoms. The minimum atomic E-state index is -2.83. The molecular formula is C12H22O7. The quantitative estimate of drug-likeness (QED) is 0.211. The first-order chi connectivity index (χ1) is 8.82. The maximum absolute atomic E-state index is 9.76. The van der Waals surface area contributed by atoms with E-state index in [4.69, 9.17) is 0 Å². The van der Waals surface area contributed by atoms with Gasteiger partial charge in [0.2, 0.25) is 5.79 Å². The molecule has 112 valence electrons. The molecule has 1 saturated heterocycles. The number of rotatable bonds is 6. The van der Waals surface area contributed by atoms with E-state index in [1.165, 1.54) is 6.08 Å². The lowest BCUT2D eigenvalue weighted by molar-refractivity contribution is -0.244. The van der Waals surface area contributed by atoms with Crippen LogP contribution in [0.5, 0.6) is 0 Å². The highest BCUT2D eigenvalue weighted by molar-refractivity contribution is 5.08. The summed E-state index contributed by atoms with van der Waals surface area (Å²) in [5.41, 5.74) is 0. The summed E-state index contributed by atoms with van der Waals surface area (Å²) in [6, 6.07) is 0. The Hall–Kier alpha value is -0.700. The molecule has 19 heavy (non-hydrogen) atoms. The van der Waals surface area contributed by atoms with Gasteiger partial charge < -0.3 is 35.4 Å². The van der Waals surface area contributed by atoms with Gasteiger partial charge in [-0.3, -0.25) is 0 Å². The highest BCUT2D eigenvalue weighted by atomic mass is 16.7. The van der Waals surface area contributed by atoms with Crippen LogP contribution in [-0.4, -0.2) is 61.0 Å². The molecule has 1 rings (SSSR count). The number of aliphatic hydroxyl groups is 6. The minimum absolute atomic E-state index is 0.477. The van der Waals surface area contributed by atoms with Crippen LogP contribution in [0.4, 0.5) is 0 Å². The molecule has 0 aromatic carbocycles. The van der Waals surface area contributed by atoms with Crippen LogP contribution in [0.15, 0.2) is 11.8 Å². The van der Waals surface area contributed by atoms with Crippen molar-refractivity contribution in [3.63, 3.8) is 0 Å². The van der Waals surface area contributed by atoms with Gasteiger partial charge in [0, 0.05) is 0 Å². The van der Waals surface area contributed by atoms with Gasteiger partial charge in [0.1, 0.15) is 11.9 Å². The number of hydrogen-bond donors (Lipinski definition) is 6. The summed E-state index contributed by atoms with van der Waals surface area (Å²) < 4.78 is 4.65. The Balaban J connectivity index is 2.64. The van der Waals surface area contributed by atoms with Crippen LogP contribution in [0, 0.1) is 0 Å². The zero-order valence-corrected chi connectivity index (χ0v) is 10.8. The van der Waals surface area contributed by atoms with Crippen molar-refractivity contribution in [3.8, 4) is 0 Å². The summed E-state index contributed by atoms with van der Waals surface area (Å²) in [6.07, 6.45) is -2.56. The van der Waals surface area contributed by atoms with Gasteiger partial charge in [-0.25, -0.2) is 0 Å². The lowest BCUT2D eigenvalue weighted by atomic mass is 10.00. The maximum Gasteiger partial charge on any atom is 0.225 e. The van der Waals surface area contributed by atoms with Gasteiger partial charge in [-0.05, 0) is 18.9 Å². The fraction of sp³-hybridized carbons (Fsp3) is 0.833. The Kier molecular flexibility index (Phi) is 5.72. The Labute approximate surface area is 111 Å². The number of hydrogen-bond acceptors (Lipinski definition) is 7. The van der Waals surface area contributed by atoms with Crippen LogP contribution in [0.2, 0.25) is 0 Å². The molecule has 1 heterocycles. The second-order valence-corrected chi connectivity index (χ2v) is 4.74. The van der Waals surface area contributed by atoms with Crippen LogP contribution in [0.1, 0.15) is 32.6 Å². The molecule has 1 unspecified atom stereocenters. The Bertz CT molecular complexity index is 315. The van der Waals surface area contributed by atoms with Gasteiger partial charge in [0.05, 0.1) is 0 Å². The Morgan fingerprint density at radius 2 is 1.95 bits per heavy atom. The zero-order valence-electron chi connectivity index (χ0n) is 10.8. The second-order valence-electron chi connectivity index (χ2n) is 4.74. The molecule has 0 saturated carbocycles. The number of aliphatic hydroxyl groups excluding tert-OH is 4. The first-order valence-corrected chi connectivity index (χ1v) is 6.35. The van der Waals surface area contributed by atoms with Crippen LogP contribution < -0.4 is 0 Å². The number of unbranched alkanes of at least 4 members (excludes halogenated alkanes) is 3. The van der Waals surface area contributed by atoms with Crippen molar-refractivity contribution in [2.45, 2.75) is 63.0 Å². The minimum Gasteiger partial charge on any atom is -0.510 e. The predicted octanol–water partition coefficient (Wildman–Crippen LogP) is -0.871. The summed E-state index contributed by atoms with van der Waals surface area (Å²) in [6.45, 7) is 2.03. The molecule has 1 aliphatic heterocycles. The SMILES string of the molecule is CCCCCC=C(O)[C@@H](O)[C@H]1OC(O)[C@H](O)C1(O)O. The lowest BCUT2D eigenvalue weighted by Crippen LogP contribution is -2.52. The average molecular weight is 278 g/mol. The highest BCUT2D eigenvalue weighted by Gasteiger charge is 2.57. The van der Waals surface area contributed by atoms with E-state index in [0.29, 0.717) is 6.42 Å². The first-order valence-electron chi connectivity index (χ1n) is 6.35. The molecule has 4 atom stereocenters. The molecular weight excluding hydrogens is 256 g/mol. The van der Waals surface area contributed by atoms with Gasteiger partial charge in [-0.15, -0.1) is 0 Å². The molecule has 0 radical (unpaired) electrons.